The molecule has 31 nitrogen and oxygen atoms in total. The molecule has 0 radical (unpaired) electrons. The van der Waals surface area contributed by atoms with E-state index in [1.807, 2.05) is 0 Å². The molecule has 0 spiro atoms. The van der Waals surface area contributed by atoms with Crippen LogP contribution in [0.2, 0.25) is 0 Å². The molecule has 0 unspecified atom stereocenters. The van der Waals surface area contributed by atoms with Crippen LogP contribution in [0.15, 0.2) is 29.3 Å². The molecule has 1 aliphatic rings. The van der Waals surface area contributed by atoms with Gasteiger partial charge in [0.1, 0.15) is 48.0 Å². The van der Waals surface area contributed by atoms with Crippen molar-refractivity contribution in [2.24, 2.45) is 50.9 Å². The van der Waals surface area contributed by atoms with Crippen LogP contribution in [0.4, 0.5) is 0 Å². The highest BCUT2D eigenvalue weighted by Crippen LogP contribution is 2.20. The number of aliphatic imine (C=N–C) groups is 1. The maximum Gasteiger partial charge on any atom is 0.326 e. The minimum Gasteiger partial charge on any atom is -0.480 e. The number of carbonyl (C=O) groups excluding carboxylic acids is 9. The number of hydrogen-bond donors (Lipinski definition) is 18. The predicted octanol–water partition coefficient (Wildman–Crippen LogP) is -6.46. The SMILES string of the molecule is C[C@H](NC(=O)[C@H](CCN)NC(=O)[C@@H](N)CCCCN)C(=O)NCC(=O)N[C@H](CCCN)C(=O)N1CCC[C@H]1C(=O)N[C@@H](Cc1cnc[nH]1)C(=O)N[C@@H](CCCCN)C(=O)N/C(=C\CCN=C(N)N)C(=O)N[C@@H](CCCCN)C(=O)O. The molecule has 0 aliphatic carbocycles. The van der Waals surface area contributed by atoms with Crippen LogP contribution in [0, 0.1) is 0 Å². The first-order valence-electron chi connectivity index (χ1n) is 27.1. The molecule has 1 fully saturated rings. The van der Waals surface area contributed by atoms with Gasteiger partial charge in [0.15, 0.2) is 5.96 Å². The number of aromatic nitrogens is 2. The maximum atomic E-state index is 14.3. The van der Waals surface area contributed by atoms with Crippen LogP contribution in [-0.4, -0.2) is 186 Å². The number of nitrogens with two attached hydrogens (primary N) is 8. The lowest BCUT2D eigenvalue weighted by molar-refractivity contribution is -0.142. The lowest BCUT2D eigenvalue weighted by Crippen LogP contribution is -2.59. The van der Waals surface area contributed by atoms with Crippen molar-refractivity contribution in [2.45, 2.75) is 158 Å². The number of carboxylic acid groups (broad SMARTS) is 1. The third kappa shape index (κ3) is 25.6. The molecule has 80 heavy (non-hydrogen) atoms. The van der Waals surface area contributed by atoms with Gasteiger partial charge in [0.25, 0.3) is 5.91 Å². The molecule has 8 atom stereocenters. The first kappa shape index (κ1) is 68.8. The highest BCUT2D eigenvalue weighted by Gasteiger charge is 2.40. The molecule has 2 heterocycles. The average Bonchev–Trinajstić information content (AvgIpc) is 4.15. The number of hydrogen-bond acceptors (Lipinski definition) is 18. The van der Waals surface area contributed by atoms with Crippen LogP contribution in [-0.2, 0) is 54.4 Å². The van der Waals surface area contributed by atoms with Crippen molar-refractivity contribution < 1.29 is 53.1 Å². The van der Waals surface area contributed by atoms with Gasteiger partial charge in [0, 0.05) is 31.4 Å². The molecule has 450 valence electrons. The van der Waals surface area contributed by atoms with Crippen LogP contribution >= 0.6 is 0 Å². The summed E-state index contributed by atoms with van der Waals surface area (Å²) < 4.78 is 0. The molecular formula is C49H88N20O11. The fraction of sp³-hybridized carbons (Fsp3) is 0.673. The number of nitrogens with zero attached hydrogens (tertiary/aromatic N) is 3. The quantitative estimate of drug-likeness (QED) is 0.0126. The minimum absolute atomic E-state index is 0.00559. The zero-order valence-corrected chi connectivity index (χ0v) is 45.8. The number of rotatable bonds is 40. The summed E-state index contributed by atoms with van der Waals surface area (Å²) in [6.07, 6.45) is 8.25. The Morgan fingerprint density at radius 1 is 0.700 bits per heavy atom. The van der Waals surface area contributed by atoms with Crippen molar-refractivity contribution in [3.8, 4) is 0 Å². The molecule has 26 N–H and O–H groups in total. The summed E-state index contributed by atoms with van der Waals surface area (Å²) in [6.45, 7) is 2.02. The van der Waals surface area contributed by atoms with E-state index < -0.39 is 114 Å². The molecule has 0 aromatic carbocycles. The molecule has 9 amide bonds. The van der Waals surface area contributed by atoms with Gasteiger partial charge >= 0.3 is 5.97 Å². The Kier molecular flexibility index (Phi) is 32.9. The van der Waals surface area contributed by atoms with Crippen LogP contribution in [0.5, 0.6) is 0 Å². The topological polar surface area (TPSA) is 540 Å². The second kappa shape index (κ2) is 38.3. The van der Waals surface area contributed by atoms with E-state index in [-0.39, 0.29) is 95.7 Å². The number of likely N-dealkylation sites (tertiary alicyclic amines) is 1. The summed E-state index contributed by atoms with van der Waals surface area (Å²) in [5, 5.41) is 30.3. The number of aliphatic carboxylic acids is 1. The highest BCUT2D eigenvalue weighted by molar-refractivity contribution is 6.01. The third-order valence-electron chi connectivity index (χ3n) is 12.8. The number of guanidine groups is 1. The number of imidazole rings is 1. The van der Waals surface area contributed by atoms with Crippen LogP contribution in [0.3, 0.4) is 0 Å². The van der Waals surface area contributed by atoms with Gasteiger partial charge in [-0.2, -0.15) is 0 Å². The number of carbonyl (C=O) groups is 10. The van der Waals surface area contributed by atoms with Gasteiger partial charge in [-0.3, -0.25) is 48.1 Å². The van der Waals surface area contributed by atoms with Gasteiger partial charge in [-0.1, -0.05) is 12.5 Å². The van der Waals surface area contributed by atoms with E-state index >= 15 is 0 Å². The Balaban J connectivity index is 2.28. The second-order valence-corrected chi connectivity index (χ2v) is 19.3. The van der Waals surface area contributed by atoms with E-state index in [2.05, 4.69) is 57.5 Å². The Hall–Kier alpha value is -7.32. The number of nitrogens with one attached hydrogen (secondary N) is 9. The van der Waals surface area contributed by atoms with Gasteiger partial charge in [-0.25, -0.2) is 9.78 Å². The molecule has 0 saturated carbocycles. The van der Waals surface area contributed by atoms with Crippen molar-refractivity contribution in [1.29, 1.82) is 0 Å². The Labute approximate surface area is 465 Å². The van der Waals surface area contributed by atoms with E-state index in [9.17, 15) is 53.1 Å². The Morgan fingerprint density at radius 2 is 1.30 bits per heavy atom. The Morgan fingerprint density at radius 3 is 1.90 bits per heavy atom. The van der Waals surface area contributed by atoms with Crippen molar-refractivity contribution in [1.82, 2.24) is 57.4 Å². The number of H-pyrrole nitrogens is 1. The monoisotopic (exact) mass is 1130 g/mol. The van der Waals surface area contributed by atoms with Gasteiger partial charge in [-0.05, 0) is 130 Å². The summed E-state index contributed by atoms with van der Waals surface area (Å²) in [7, 11) is 0. The lowest BCUT2D eigenvalue weighted by Gasteiger charge is -2.30. The fourth-order valence-corrected chi connectivity index (χ4v) is 8.32. The largest absolute Gasteiger partial charge is 0.480 e. The van der Waals surface area contributed by atoms with Gasteiger partial charge in [0.2, 0.25) is 47.3 Å². The number of carboxylic acids is 1. The highest BCUT2D eigenvalue weighted by atomic mass is 16.4. The van der Waals surface area contributed by atoms with Crippen molar-refractivity contribution in [2.75, 3.05) is 52.4 Å². The number of aromatic amines is 1. The van der Waals surface area contributed by atoms with Gasteiger partial charge in [0.05, 0.1) is 18.9 Å². The average molecular weight is 1130 g/mol. The van der Waals surface area contributed by atoms with Gasteiger partial charge in [-0.15, -0.1) is 0 Å². The van der Waals surface area contributed by atoms with E-state index in [4.69, 9.17) is 45.9 Å². The first-order chi connectivity index (χ1) is 38.2. The van der Waals surface area contributed by atoms with Crippen LogP contribution in [0.25, 0.3) is 0 Å². The first-order valence-corrected chi connectivity index (χ1v) is 27.1. The molecular weight excluding hydrogens is 1040 g/mol. The fourth-order valence-electron chi connectivity index (χ4n) is 8.32. The standard InChI is InChI=1S/C49H88N20O11/c1-29(62-42(73)34(17-22-54)64-41(72)31(55)11-2-5-18-50)40(71)60-27-39(70)63-35(14-8-21-53)47(78)69-24-10-16-38(69)46(77)68-37(25-30-26-58-28-61-30)45(76)66-32(12-3-6-19-51)43(74)65-33(15-9-23-59-49(56)57)44(75)67-36(48(79)80)13-4-7-20-52/h15,26,28-29,31-32,34-38H,2-14,16-25,27,50-55H2,1H3,(H,58,61)(H,60,71)(H,62,73)(H,63,70)(H,64,72)(H,65,74)(H,66,76)(H,67,75)(H,68,77)(H,79,80)(H4,56,57,59)/b33-15-/t29-,31-,32-,34-,35+,36-,37-,38-/m0/s1. The number of amides is 9. The van der Waals surface area contributed by atoms with E-state index in [1.54, 1.807) is 0 Å². The molecule has 1 aromatic heterocycles. The van der Waals surface area contributed by atoms with E-state index in [0.717, 1.165) is 0 Å². The summed E-state index contributed by atoms with van der Waals surface area (Å²) in [6, 6.07) is -9.53. The van der Waals surface area contributed by atoms with Crippen molar-refractivity contribution in [3.05, 3.63) is 30.0 Å². The predicted molar refractivity (Wildman–Crippen MR) is 295 cm³/mol. The summed E-state index contributed by atoms with van der Waals surface area (Å²) >= 11 is 0. The molecule has 1 saturated heterocycles. The van der Waals surface area contributed by atoms with Gasteiger partial charge < -0.3 is 103 Å². The minimum atomic E-state index is -1.38. The smallest absolute Gasteiger partial charge is 0.326 e. The normalized spacial score (nSPS) is 15.8. The van der Waals surface area contributed by atoms with Crippen LogP contribution < -0.4 is 88.4 Å². The number of unbranched alkanes of at least 4 members (excludes halogenated alkanes) is 3. The second-order valence-electron chi connectivity index (χ2n) is 19.3. The molecule has 31 heteroatoms. The van der Waals surface area contributed by atoms with Crippen LogP contribution in [0.1, 0.15) is 109 Å². The third-order valence-corrected chi connectivity index (χ3v) is 12.8. The van der Waals surface area contributed by atoms with E-state index in [1.165, 1.54) is 30.4 Å². The Bertz CT molecular complexity index is 2210. The zero-order valence-electron chi connectivity index (χ0n) is 45.8. The molecule has 1 aliphatic heterocycles. The summed E-state index contributed by atoms with van der Waals surface area (Å²) in [5.74, 6) is -8.34. The summed E-state index contributed by atoms with van der Waals surface area (Å²) in [4.78, 5) is 147. The van der Waals surface area contributed by atoms with Crippen molar-refractivity contribution >= 4 is 65.1 Å². The van der Waals surface area contributed by atoms with E-state index in [0.29, 0.717) is 70.2 Å². The maximum absolute atomic E-state index is 14.3. The van der Waals surface area contributed by atoms with Crippen molar-refractivity contribution in [3.63, 3.8) is 0 Å². The zero-order chi connectivity index (χ0) is 59.6. The molecule has 2 rings (SSSR count). The molecule has 0 bridgehead atoms. The lowest BCUT2D eigenvalue weighted by atomic mass is 10.0. The molecule has 1 aromatic rings. The summed E-state index contributed by atoms with van der Waals surface area (Å²) in [5.41, 5.74) is 45.3.